The van der Waals surface area contributed by atoms with Crippen LogP contribution in [-0.4, -0.2) is 25.1 Å². The maximum atomic E-state index is 11.9. The van der Waals surface area contributed by atoms with Crippen LogP contribution in [0.1, 0.15) is 36.5 Å². The molecule has 0 radical (unpaired) electrons. The molecule has 0 aliphatic heterocycles. The molecule has 1 aromatic carbocycles. The lowest BCUT2D eigenvalue weighted by Crippen LogP contribution is -2.37. The fourth-order valence-corrected chi connectivity index (χ4v) is 2.31. The molecular weight excluding hydrogens is 252 g/mol. The second kappa shape index (κ2) is 6.27. The Bertz CT molecular complexity index is 472. The van der Waals surface area contributed by atoms with Crippen LogP contribution in [0, 0.1) is 13.8 Å². The normalized spacial score (nSPS) is 15.8. The van der Waals surface area contributed by atoms with Gasteiger partial charge >= 0.3 is 0 Å². The summed E-state index contributed by atoms with van der Waals surface area (Å²) in [7, 11) is 1.93. The number of benzene rings is 1. The van der Waals surface area contributed by atoms with Crippen molar-refractivity contribution in [2.75, 3.05) is 7.05 Å². The maximum absolute atomic E-state index is 11.9. The van der Waals surface area contributed by atoms with Gasteiger partial charge in [0, 0.05) is 12.6 Å². The van der Waals surface area contributed by atoms with Gasteiger partial charge in [0.1, 0.15) is 5.75 Å². The van der Waals surface area contributed by atoms with Crippen LogP contribution in [0.15, 0.2) is 12.1 Å². The van der Waals surface area contributed by atoms with Gasteiger partial charge in [0.25, 0.3) is 5.91 Å². The second-order valence-corrected chi connectivity index (χ2v) is 5.63. The molecule has 1 amide bonds. The number of nitrogens with one attached hydrogen (secondary N) is 2. The van der Waals surface area contributed by atoms with Gasteiger partial charge < -0.3 is 15.4 Å². The van der Waals surface area contributed by atoms with Gasteiger partial charge in [-0.1, -0.05) is 12.1 Å². The highest BCUT2D eigenvalue weighted by molar-refractivity contribution is 5.81. The zero-order valence-electron chi connectivity index (χ0n) is 12.7. The Hall–Kier alpha value is -1.55. The van der Waals surface area contributed by atoms with Crippen molar-refractivity contribution in [1.29, 1.82) is 0 Å². The number of rotatable bonds is 6. The summed E-state index contributed by atoms with van der Waals surface area (Å²) in [5.41, 5.74) is 3.37. The molecule has 20 heavy (non-hydrogen) atoms. The third-order valence-electron chi connectivity index (χ3n) is 3.49. The van der Waals surface area contributed by atoms with E-state index in [9.17, 15) is 4.79 Å². The summed E-state index contributed by atoms with van der Waals surface area (Å²) < 4.78 is 5.87. The molecule has 110 valence electrons. The molecule has 2 rings (SSSR count). The Morgan fingerprint density at radius 1 is 1.35 bits per heavy atom. The highest BCUT2D eigenvalue weighted by atomic mass is 16.5. The van der Waals surface area contributed by atoms with Crippen LogP contribution >= 0.6 is 0 Å². The molecule has 0 heterocycles. The van der Waals surface area contributed by atoms with E-state index in [1.54, 1.807) is 6.92 Å². The minimum Gasteiger partial charge on any atom is -0.480 e. The van der Waals surface area contributed by atoms with Crippen molar-refractivity contribution >= 4 is 5.91 Å². The van der Waals surface area contributed by atoms with E-state index in [-0.39, 0.29) is 5.91 Å². The third kappa shape index (κ3) is 3.73. The minimum atomic E-state index is -0.455. The molecule has 1 unspecified atom stereocenters. The minimum absolute atomic E-state index is 0.0226. The first-order chi connectivity index (χ1) is 9.51. The molecule has 1 fully saturated rings. The fourth-order valence-electron chi connectivity index (χ4n) is 2.31. The third-order valence-corrected chi connectivity index (χ3v) is 3.49. The van der Waals surface area contributed by atoms with Crippen molar-refractivity contribution in [1.82, 2.24) is 10.6 Å². The molecule has 0 bridgehead atoms. The summed E-state index contributed by atoms with van der Waals surface area (Å²) in [4.78, 5) is 11.9. The lowest BCUT2D eigenvalue weighted by molar-refractivity contribution is -0.127. The molecule has 1 atom stereocenters. The molecule has 1 aliphatic carbocycles. The zero-order valence-corrected chi connectivity index (χ0v) is 12.7. The number of hydrogen-bond acceptors (Lipinski definition) is 3. The van der Waals surface area contributed by atoms with E-state index in [2.05, 4.69) is 22.8 Å². The number of carbonyl (C=O) groups excluding carboxylic acids is 1. The summed E-state index contributed by atoms with van der Waals surface area (Å²) in [5.74, 6) is 0.800. The van der Waals surface area contributed by atoms with Crippen LogP contribution < -0.4 is 15.4 Å². The van der Waals surface area contributed by atoms with Crippen LogP contribution in [0.4, 0.5) is 0 Å². The van der Waals surface area contributed by atoms with Crippen LogP contribution in [-0.2, 0) is 11.3 Å². The molecule has 4 nitrogen and oxygen atoms in total. The molecule has 0 aromatic heterocycles. The van der Waals surface area contributed by atoms with Crippen LogP contribution in [0.2, 0.25) is 0 Å². The summed E-state index contributed by atoms with van der Waals surface area (Å²) in [6.07, 6.45) is 1.73. The van der Waals surface area contributed by atoms with E-state index in [0.29, 0.717) is 6.04 Å². The van der Waals surface area contributed by atoms with Crippen LogP contribution in [0.25, 0.3) is 0 Å². The summed E-state index contributed by atoms with van der Waals surface area (Å²) in [5, 5.41) is 6.11. The maximum Gasteiger partial charge on any atom is 0.260 e. The highest BCUT2D eigenvalue weighted by Gasteiger charge is 2.26. The Morgan fingerprint density at radius 2 is 1.95 bits per heavy atom. The van der Waals surface area contributed by atoms with Crippen molar-refractivity contribution in [3.05, 3.63) is 28.8 Å². The molecule has 0 spiro atoms. The molecule has 4 heteroatoms. The van der Waals surface area contributed by atoms with Crippen LogP contribution in [0.5, 0.6) is 5.75 Å². The lowest BCUT2D eigenvalue weighted by Gasteiger charge is -2.19. The van der Waals surface area contributed by atoms with Gasteiger partial charge in [0.15, 0.2) is 6.10 Å². The van der Waals surface area contributed by atoms with Gasteiger partial charge in [-0.2, -0.15) is 0 Å². The second-order valence-electron chi connectivity index (χ2n) is 5.63. The van der Waals surface area contributed by atoms with Gasteiger partial charge in [-0.05, 0) is 57.4 Å². The number of amides is 1. The first-order valence-electron chi connectivity index (χ1n) is 7.23. The summed E-state index contributed by atoms with van der Waals surface area (Å²) in [6.45, 7) is 6.68. The molecular formula is C16H24N2O2. The SMILES string of the molecule is CNCc1cc(C)c(OC(C)C(=O)NC2CC2)c(C)c1. The molecule has 1 aliphatic rings. The van der Waals surface area contributed by atoms with E-state index < -0.39 is 6.10 Å². The quantitative estimate of drug-likeness (QED) is 0.836. The first-order valence-corrected chi connectivity index (χ1v) is 7.23. The average molecular weight is 276 g/mol. The highest BCUT2D eigenvalue weighted by Crippen LogP contribution is 2.26. The standard InChI is InChI=1S/C16H24N2O2/c1-10-7-13(9-17-4)8-11(2)15(10)20-12(3)16(19)18-14-5-6-14/h7-8,12,14,17H,5-6,9H2,1-4H3,(H,18,19). The van der Waals surface area contributed by atoms with Crippen molar-refractivity contribution in [3.8, 4) is 5.75 Å². The van der Waals surface area contributed by atoms with E-state index in [4.69, 9.17) is 4.74 Å². The summed E-state index contributed by atoms with van der Waals surface area (Å²) in [6, 6.07) is 4.57. The number of hydrogen-bond donors (Lipinski definition) is 2. The zero-order chi connectivity index (χ0) is 14.7. The number of ether oxygens (including phenoxy) is 1. The Labute approximate surface area is 120 Å². The average Bonchev–Trinajstić information content (AvgIpc) is 3.17. The van der Waals surface area contributed by atoms with Gasteiger partial charge in [0.2, 0.25) is 0 Å². The molecule has 1 aromatic rings. The lowest BCUT2D eigenvalue weighted by atomic mass is 10.1. The van der Waals surface area contributed by atoms with Gasteiger partial charge in [-0.3, -0.25) is 4.79 Å². The van der Waals surface area contributed by atoms with Crippen molar-refractivity contribution in [3.63, 3.8) is 0 Å². The number of carbonyl (C=O) groups is 1. The van der Waals surface area contributed by atoms with Gasteiger partial charge in [-0.25, -0.2) is 0 Å². The molecule has 2 N–H and O–H groups in total. The van der Waals surface area contributed by atoms with E-state index >= 15 is 0 Å². The fraction of sp³-hybridized carbons (Fsp3) is 0.562. The topological polar surface area (TPSA) is 50.4 Å². The monoisotopic (exact) mass is 276 g/mol. The predicted octanol–water partition coefficient (Wildman–Crippen LogP) is 2.07. The molecule has 0 saturated heterocycles. The summed E-state index contributed by atoms with van der Waals surface area (Å²) >= 11 is 0. The number of aryl methyl sites for hydroxylation is 2. The molecule has 1 saturated carbocycles. The Morgan fingerprint density at radius 3 is 2.45 bits per heavy atom. The van der Waals surface area contributed by atoms with Crippen molar-refractivity contribution < 1.29 is 9.53 Å². The van der Waals surface area contributed by atoms with E-state index in [1.807, 2.05) is 20.9 Å². The van der Waals surface area contributed by atoms with Crippen molar-refractivity contribution in [2.45, 2.75) is 52.3 Å². The Kier molecular flexibility index (Phi) is 4.65. The van der Waals surface area contributed by atoms with Crippen molar-refractivity contribution in [2.24, 2.45) is 0 Å². The van der Waals surface area contributed by atoms with Gasteiger partial charge in [0.05, 0.1) is 0 Å². The van der Waals surface area contributed by atoms with E-state index in [0.717, 1.165) is 36.3 Å². The van der Waals surface area contributed by atoms with E-state index in [1.165, 1.54) is 5.56 Å². The first kappa shape index (κ1) is 14.9. The van der Waals surface area contributed by atoms with Gasteiger partial charge in [-0.15, -0.1) is 0 Å². The predicted molar refractivity (Wildman–Crippen MR) is 79.9 cm³/mol. The van der Waals surface area contributed by atoms with Crippen LogP contribution in [0.3, 0.4) is 0 Å². The Balaban J connectivity index is 2.05. The largest absolute Gasteiger partial charge is 0.480 e. The smallest absolute Gasteiger partial charge is 0.260 e.